The predicted molar refractivity (Wildman–Crippen MR) is 81.8 cm³/mol. The lowest BCUT2D eigenvalue weighted by molar-refractivity contribution is 0.00578. The zero-order valence-electron chi connectivity index (χ0n) is 13.2. The molecular formula is C16H25BO3. The van der Waals surface area contributed by atoms with Gasteiger partial charge in [-0.05, 0) is 39.7 Å². The minimum atomic E-state index is -0.294. The molecule has 0 spiro atoms. The van der Waals surface area contributed by atoms with Crippen molar-refractivity contribution in [1.29, 1.82) is 0 Å². The average molecular weight is 276 g/mol. The largest absolute Gasteiger partial charge is 0.465 e. The van der Waals surface area contributed by atoms with E-state index in [0.29, 0.717) is 6.61 Å². The second kappa shape index (κ2) is 5.88. The van der Waals surface area contributed by atoms with Crippen LogP contribution in [0.4, 0.5) is 0 Å². The molecule has 0 unspecified atom stereocenters. The molecule has 0 aromatic heterocycles. The Morgan fingerprint density at radius 2 is 1.60 bits per heavy atom. The maximum atomic E-state index is 6.20. The van der Waals surface area contributed by atoms with Crippen molar-refractivity contribution in [3.05, 3.63) is 35.9 Å². The highest BCUT2D eigenvalue weighted by atomic mass is 16.7. The summed E-state index contributed by atoms with van der Waals surface area (Å²) in [4.78, 5) is 0. The number of hydrogen-bond acceptors (Lipinski definition) is 3. The Balaban J connectivity index is 2.21. The van der Waals surface area contributed by atoms with Crippen LogP contribution in [0.5, 0.6) is 0 Å². The SMILES string of the molecule is COCC[C@@H](B1OC(C)(C)C(C)(C)O1)c1ccccc1. The van der Waals surface area contributed by atoms with E-state index in [2.05, 4.69) is 52.0 Å². The molecule has 2 rings (SSSR count). The van der Waals surface area contributed by atoms with Crippen LogP contribution in [0.3, 0.4) is 0 Å². The molecule has 1 heterocycles. The second-order valence-corrected chi connectivity index (χ2v) is 6.42. The van der Waals surface area contributed by atoms with Gasteiger partial charge in [-0.1, -0.05) is 30.3 Å². The van der Waals surface area contributed by atoms with Gasteiger partial charge in [-0.25, -0.2) is 0 Å². The summed E-state index contributed by atoms with van der Waals surface area (Å²) in [5.41, 5.74) is 0.651. The van der Waals surface area contributed by atoms with E-state index in [-0.39, 0.29) is 24.1 Å². The van der Waals surface area contributed by atoms with Crippen LogP contribution in [0.25, 0.3) is 0 Å². The zero-order chi connectivity index (χ0) is 14.8. The van der Waals surface area contributed by atoms with Gasteiger partial charge in [-0.3, -0.25) is 0 Å². The van der Waals surface area contributed by atoms with Crippen LogP contribution in [0, 0.1) is 0 Å². The fourth-order valence-corrected chi connectivity index (χ4v) is 2.46. The van der Waals surface area contributed by atoms with Gasteiger partial charge in [0.1, 0.15) is 0 Å². The van der Waals surface area contributed by atoms with E-state index in [1.165, 1.54) is 5.56 Å². The fraction of sp³-hybridized carbons (Fsp3) is 0.625. The van der Waals surface area contributed by atoms with E-state index in [1.54, 1.807) is 7.11 Å². The first-order valence-electron chi connectivity index (χ1n) is 7.27. The Morgan fingerprint density at radius 3 is 2.10 bits per heavy atom. The molecule has 0 bridgehead atoms. The zero-order valence-corrected chi connectivity index (χ0v) is 13.2. The summed E-state index contributed by atoms with van der Waals surface area (Å²) in [6.07, 6.45) is 0.886. The lowest BCUT2D eigenvalue weighted by atomic mass is 9.66. The maximum Gasteiger partial charge on any atom is 0.465 e. The molecule has 1 aromatic carbocycles. The van der Waals surface area contributed by atoms with Crippen LogP contribution in [0.15, 0.2) is 30.3 Å². The van der Waals surface area contributed by atoms with Crippen LogP contribution in [-0.4, -0.2) is 32.0 Å². The molecule has 0 saturated carbocycles. The smallest absolute Gasteiger partial charge is 0.403 e. The third-order valence-electron chi connectivity index (χ3n) is 4.46. The molecule has 0 N–H and O–H groups in total. The van der Waals surface area contributed by atoms with Gasteiger partial charge in [0.15, 0.2) is 0 Å². The van der Waals surface area contributed by atoms with Gasteiger partial charge in [0, 0.05) is 19.5 Å². The molecule has 3 nitrogen and oxygen atoms in total. The Morgan fingerprint density at radius 1 is 1.05 bits per heavy atom. The van der Waals surface area contributed by atoms with Crippen molar-refractivity contribution in [2.24, 2.45) is 0 Å². The molecule has 1 aromatic rings. The van der Waals surface area contributed by atoms with Gasteiger partial charge in [-0.15, -0.1) is 0 Å². The van der Waals surface area contributed by atoms with E-state index in [9.17, 15) is 0 Å². The topological polar surface area (TPSA) is 27.7 Å². The normalized spacial score (nSPS) is 21.9. The predicted octanol–water partition coefficient (Wildman–Crippen LogP) is 3.44. The first-order valence-corrected chi connectivity index (χ1v) is 7.27. The minimum absolute atomic E-state index is 0.192. The van der Waals surface area contributed by atoms with Crippen LogP contribution in [0.2, 0.25) is 0 Å². The Kier molecular flexibility index (Phi) is 4.57. The molecule has 110 valence electrons. The third-order valence-corrected chi connectivity index (χ3v) is 4.46. The maximum absolute atomic E-state index is 6.20. The molecule has 20 heavy (non-hydrogen) atoms. The van der Waals surface area contributed by atoms with Crippen molar-refractivity contribution in [2.75, 3.05) is 13.7 Å². The first-order chi connectivity index (χ1) is 9.37. The third kappa shape index (κ3) is 3.08. The Labute approximate surface area is 122 Å². The number of hydrogen-bond donors (Lipinski definition) is 0. The molecule has 0 amide bonds. The number of rotatable bonds is 5. The molecule has 1 saturated heterocycles. The van der Waals surface area contributed by atoms with Crippen LogP contribution in [0.1, 0.15) is 45.5 Å². The summed E-state index contributed by atoms with van der Waals surface area (Å²) in [7, 11) is 1.50. The van der Waals surface area contributed by atoms with Crippen molar-refractivity contribution in [2.45, 2.75) is 51.1 Å². The minimum Gasteiger partial charge on any atom is -0.403 e. The van der Waals surface area contributed by atoms with Crippen molar-refractivity contribution in [3.8, 4) is 0 Å². The highest BCUT2D eigenvalue weighted by Crippen LogP contribution is 2.41. The number of ether oxygens (including phenoxy) is 1. The van der Waals surface area contributed by atoms with Gasteiger partial charge in [0.2, 0.25) is 0 Å². The van der Waals surface area contributed by atoms with Gasteiger partial charge < -0.3 is 14.0 Å². The van der Waals surface area contributed by atoms with E-state index in [1.807, 2.05) is 6.07 Å². The van der Waals surface area contributed by atoms with E-state index in [0.717, 1.165) is 6.42 Å². The van der Waals surface area contributed by atoms with Gasteiger partial charge >= 0.3 is 7.12 Å². The van der Waals surface area contributed by atoms with Crippen LogP contribution in [-0.2, 0) is 14.0 Å². The summed E-state index contributed by atoms with van der Waals surface area (Å²) in [6, 6.07) is 10.4. The summed E-state index contributed by atoms with van der Waals surface area (Å²) >= 11 is 0. The van der Waals surface area contributed by atoms with Gasteiger partial charge in [0.05, 0.1) is 11.2 Å². The molecule has 1 fully saturated rings. The Bertz CT molecular complexity index is 415. The summed E-state index contributed by atoms with van der Waals surface area (Å²) in [5.74, 6) is 0.192. The number of methoxy groups -OCH3 is 1. The summed E-state index contributed by atoms with van der Waals surface area (Å²) in [5, 5.41) is 0. The van der Waals surface area contributed by atoms with Crippen LogP contribution >= 0.6 is 0 Å². The molecule has 1 aliphatic rings. The van der Waals surface area contributed by atoms with Crippen molar-refractivity contribution >= 4 is 7.12 Å². The Hall–Kier alpha value is -0.835. The van der Waals surface area contributed by atoms with E-state index < -0.39 is 0 Å². The van der Waals surface area contributed by atoms with Crippen molar-refractivity contribution < 1.29 is 14.0 Å². The highest BCUT2D eigenvalue weighted by molar-refractivity contribution is 6.47. The van der Waals surface area contributed by atoms with Gasteiger partial charge in [0.25, 0.3) is 0 Å². The molecule has 0 aliphatic carbocycles. The quantitative estimate of drug-likeness (QED) is 0.771. The molecule has 4 heteroatoms. The van der Waals surface area contributed by atoms with E-state index >= 15 is 0 Å². The number of benzene rings is 1. The molecule has 1 atom stereocenters. The molecular weight excluding hydrogens is 251 g/mol. The second-order valence-electron chi connectivity index (χ2n) is 6.42. The standard InChI is InChI=1S/C16H25BO3/c1-15(2)16(3,4)20-17(19-15)14(11-12-18-5)13-9-7-6-8-10-13/h6-10,14H,11-12H2,1-5H3/t14-/m1/s1. The molecule has 0 radical (unpaired) electrons. The highest BCUT2D eigenvalue weighted by Gasteiger charge is 2.53. The van der Waals surface area contributed by atoms with Crippen LogP contribution < -0.4 is 0 Å². The molecule has 1 aliphatic heterocycles. The lowest BCUT2D eigenvalue weighted by Crippen LogP contribution is -2.41. The summed E-state index contributed by atoms with van der Waals surface area (Å²) in [6.45, 7) is 9.05. The van der Waals surface area contributed by atoms with Gasteiger partial charge in [-0.2, -0.15) is 0 Å². The monoisotopic (exact) mass is 276 g/mol. The average Bonchev–Trinajstić information content (AvgIpc) is 2.60. The summed E-state index contributed by atoms with van der Waals surface area (Å²) < 4.78 is 17.6. The first kappa shape index (κ1) is 15.6. The fourth-order valence-electron chi connectivity index (χ4n) is 2.46. The van der Waals surface area contributed by atoms with Crippen molar-refractivity contribution in [3.63, 3.8) is 0 Å². The van der Waals surface area contributed by atoms with Crippen molar-refractivity contribution in [1.82, 2.24) is 0 Å². The lowest BCUT2D eigenvalue weighted by Gasteiger charge is -2.32. The van der Waals surface area contributed by atoms with E-state index in [4.69, 9.17) is 14.0 Å².